The second-order valence-corrected chi connectivity index (χ2v) is 5.19. The number of benzene rings is 2. The van der Waals surface area contributed by atoms with E-state index in [0.29, 0.717) is 0 Å². The van der Waals surface area contributed by atoms with E-state index in [-0.39, 0.29) is 0 Å². The molecule has 0 amide bonds. The molecular weight excluding hydrogens is 298 g/mol. The molecule has 1 aromatic heterocycles. The summed E-state index contributed by atoms with van der Waals surface area (Å²) in [4.78, 5) is 4.45. The van der Waals surface area contributed by atoms with Crippen LogP contribution in [-0.4, -0.2) is 4.98 Å². The maximum absolute atomic E-state index is 4.45. The van der Waals surface area contributed by atoms with Gasteiger partial charge in [-0.2, -0.15) is 0 Å². The molecule has 0 atom stereocenters. The van der Waals surface area contributed by atoms with Crippen molar-refractivity contribution >= 4 is 15.9 Å². The van der Waals surface area contributed by atoms with Crippen LogP contribution in [0.5, 0.6) is 0 Å². The molecule has 1 nitrogen and oxygen atoms in total. The predicted octanol–water partition coefficient (Wildman–Crippen LogP) is 5.18. The van der Waals surface area contributed by atoms with Gasteiger partial charge in [0.15, 0.2) is 0 Å². The van der Waals surface area contributed by atoms with Gasteiger partial charge in [0, 0.05) is 16.2 Å². The van der Waals surface area contributed by atoms with Crippen LogP contribution in [0, 0.1) is 0 Å². The first kappa shape index (κ1) is 12.1. The summed E-state index contributed by atoms with van der Waals surface area (Å²) in [6, 6.07) is 22.7. The number of hydrogen-bond acceptors (Lipinski definition) is 1. The van der Waals surface area contributed by atoms with E-state index < -0.39 is 0 Å². The fraction of sp³-hybridized carbons (Fsp3) is 0. The lowest BCUT2D eigenvalue weighted by molar-refractivity contribution is 1.33. The molecule has 0 bridgehead atoms. The predicted molar refractivity (Wildman–Crippen MR) is 82.8 cm³/mol. The van der Waals surface area contributed by atoms with Crippen LogP contribution in [0.2, 0.25) is 0 Å². The van der Waals surface area contributed by atoms with Crippen molar-refractivity contribution in [2.45, 2.75) is 0 Å². The van der Waals surface area contributed by atoms with Crippen molar-refractivity contribution < 1.29 is 0 Å². The third-order valence-electron chi connectivity index (χ3n) is 3.00. The molecule has 0 saturated carbocycles. The van der Waals surface area contributed by atoms with Crippen LogP contribution < -0.4 is 0 Å². The van der Waals surface area contributed by atoms with E-state index in [4.69, 9.17) is 0 Å². The quantitative estimate of drug-likeness (QED) is 0.635. The van der Waals surface area contributed by atoms with Crippen molar-refractivity contribution in [2.75, 3.05) is 0 Å². The lowest BCUT2D eigenvalue weighted by atomic mass is 9.97. The van der Waals surface area contributed by atoms with Crippen molar-refractivity contribution in [3.8, 4) is 22.4 Å². The normalized spacial score (nSPS) is 10.4. The van der Waals surface area contributed by atoms with E-state index in [1.807, 2.05) is 36.5 Å². The molecule has 3 aromatic rings. The van der Waals surface area contributed by atoms with Crippen LogP contribution in [0.1, 0.15) is 0 Å². The van der Waals surface area contributed by atoms with Gasteiger partial charge in [0.1, 0.15) is 0 Å². The average molecular weight is 310 g/mol. The molecule has 0 aliphatic rings. The van der Waals surface area contributed by atoms with E-state index in [0.717, 1.165) is 15.7 Å². The average Bonchev–Trinajstić information content (AvgIpc) is 2.48. The molecule has 1 heterocycles. The number of hydrogen-bond donors (Lipinski definition) is 0. The summed E-state index contributed by atoms with van der Waals surface area (Å²) < 4.78 is 1.08. The molecule has 0 aliphatic carbocycles. The summed E-state index contributed by atoms with van der Waals surface area (Å²) in [7, 11) is 0. The van der Waals surface area contributed by atoms with E-state index in [1.54, 1.807) is 0 Å². The van der Waals surface area contributed by atoms with Gasteiger partial charge in [-0.1, -0.05) is 58.4 Å². The molecule has 0 radical (unpaired) electrons. The SMILES string of the molecule is Brc1cccc(-c2ccccc2-c2ccccn2)c1. The molecule has 0 aliphatic heterocycles. The number of rotatable bonds is 2. The Balaban J connectivity index is 2.18. The summed E-state index contributed by atoms with van der Waals surface area (Å²) in [6.07, 6.45) is 1.83. The van der Waals surface area contributed by atoms with Crippen LogP contribution in [-0.2, 0) is 0 Å². The zero-order valence-electron chi connectivity index (χ0n) is 10.3. The minimum Gasteiger partial charge on any atom is -0.256 e. The van der Waals surface area contributed by atoms with Crippen molar-refractivity contribution in [3.05, 3.63) is 77.4 Å². The Morgan fingerprint density at radius 1 is 0.737 bits per heavy atom. The fourth-order valence-electron chi connectivity index (χ4n) is 2.14. The minimum atomic E-state index is 0.998. The minimum absolute atomic E-state index is 0.998. The number of aromatic nitrogens is 1. The Labute approximate surface area is 121 Å². The van der Waals surface area contributed by atoms with Crippen LogP contribution in [0.3, 0.4) is 0 Å². The topological polar surface area (TPSA) is 12.9 Å². The summed E-state index contributed by atoms with van der Waals surface area (Å²) >= 11 is 3.52. The van der Waals surface area contributed by atoms with E-state index in [2.05, 4.69) is 57.3 Å². The third-order valence-corrected chi connectivity index (χ3v) is 3.50. The Bertz CT molecular complexity index is 692. The highest BCUT2D eigenvalue weighted by Gasteiger charge is 2.07. The van der Waals surface area contributed by atoms with E-state index in [9.17, 15) is 0 Å². The molecule has 19 heavy (non-hydrogen) atoms. The molecule has 92 valence electrons. The summed E-state index contributed by atoms with van der Waals surface area (Å²) in [5, 5.41) is 0. The molecule has 3 rings (SSSR count). The van der Waals surface area contributed by atoms with Gasteiger partial charge in [0.2, 0.25) is 0 Å². The molecule has 2 aromatic carbocycles. The zero-order valence-corrected chi connectivity index (χ0v) is 11.8. The Hall–Kier alpha value is -1.93. The highest BCUT2D eigenvalue weighted by atomic mass is 79.9. The largest absolute Gasteiger partial charge is 0.256 e. The highest BCUT2D eigenvalue weighted by Crippen LogP contribution is 2.31. The van der Waals surface area contributed by atoms with Gasteiger partial charge in [0.25, 0.3) is 0 Å². The van der Waals surface area contributed by atoms with Crippen molar-refractivity contribution in [1.82, 2.24) is 4.98 Å². The van der Waals surface area contributed by atoms with Gasteiger partial charge in [0.05, 0.1) is 5.69 Å². The molecule has 0 fully saturated rings. The van der Waals surface area contributed by atoms with Crippen LogP contribution in [0.25, 0.3) is 22.4 Å². The summed E-state index contributed by atoms with van der Waals surface area (Å²) in [5.74, 6) is 0. The molecular formula is C17H12BrN. The highest BCUT2D eigenvalue weighted by molar-refractivity contribution is 9.10. The van der Waals surface area contributed by atoms with E-state index in [1.165, 1.54) is 11.1 Å². The van der Waals surface area contributed by atoms with Gasteiger partial charge in [-0.15, -0.1) is 0 Å². The molecule has 2 heteroatoms. The van der Waals surface area contributed by atoms with Gasteiger partial charge in [-0.05, 0) is 35.4 Å². The molecule has 0 unspecified atom stereocenters. The lowest BCUT2D eigenvalue weighted by Crippen LogP contribution is -1.87. The maximum Gasteiger partial charge on any atom is 0.0708 e. The second kappa shape index (κ2) is 5.37. The first-order valence-corrected chi connectivity index (χ1v) is 6.90. The van der Waals surface area contributed by atoms with E-state index >= 15 is 0 Å². The zero-order chi connectivity index (χ0) is 13.1. The standard InChI is InChI=1S/C17H12BrN/c18-14-7-5-6-13(12-14)15-8-1-2-9-16(15)17-10-3-4-11-19-17/h1-12H. The second-order valence-electron chi connectivity index (χ2n) is 4.27. The van der Waals surface area contributed by atoms with Gasteiger partial charge < -0.3 is 0 Å². The molecule has 0 saturated heterocycles. The Kier molecular flexibility index (Phi) is 3.43. The van der Waals surface area contributed by atoms with Gasteiger partial charge in [-0.25, -0.2) is 0 Å². The number of pyridine rings is 1. The summed E-state index contributed by atoms with van der Waals surface area (Å²) in [6.45, 7) is 0. The Morgan fingerprint density at radius 2 is 1.53 bits per heavy atom. The third kappa shape index (κ3) is 2.59. The van der Waals surface area contributed by atoms with Gasteiger partial charge in [-0.3, -0.25) is 4.98 Å². The number of nitrogens with zero attached hydrogens (tertiary/aromatic N) is 1. The smallest absolute Gasteiger partial charge is 0.0708 e. The Morgan fingerprint density at radius 3 is 2.26 bits per heavy atom. The lowest BCUT2D eigenvalue weighted by Gasteiger charge is -2.09. The van der Waals surface area contributed by atoms with Crippen LogP contribution in [0.15, 0.2) is 77.4 Å². The van der Waals surface area contributed by atoms with Crippen molar-refractivity contribution in [3.63, 3.8) is 0 Å². The monoisotopic (exact) mass is 309 g/mol. The first-order chi connectivity index (χ1) is 9.34. The van der Waals surface area contributed by atoms with Crippen molar-refractivity contribution in [2.24, 2.45) is 0 Å². The number of halogens is 1. The molecule has 0 N–H and O–H groups in total. The molecule has 0 spiro atoms. The fourth-order valence-corrected chi connectivity index (χ4v) is 2.54. The summed E-state index contributed by atoms with van der Waals surface area (Å²) in [5.41, 5.74) is 4.54. The van der Waals surface area contributed by atoms with Gasteiger partial charge >= 0.3 is 0 Å². The van der Waals surface area contributed by atoms with Crippen LogP contribution in [0.4, 0.5) is 0 Å². The first-order valence-electron chi connectivity index (χ1n) is 6.11. The van der Waals surface area contributed by atoms with Crippen LogP contribution >= 0.6 is 15.9 Å². The maximum atomic E-state index is 4.45. The van der Waals surface area contributed by atoms with Crippen molar-refractivity contribution in [1.29, 1.82) is 0 Å².